The number of hydrogen-bond acceptors (Lipinski definition) is 4. The second-order valence-electron chi connectivity index (χ2n) is 4.16. The van der Waals surface area contributed by atoms with Crippen molar-refractivity contribution in [2.75, 3.05) is 0 Å². The first-order valence-corrected chi connectivity index (χ1v) is 6.01. The van der Waals surface area contributed by atoms with Crippen molar-refractivity contribution in [2.45, 2.75) is 31.9 Å². The van der Waals surface area contributed by atoms with Gasteiger partial charge in [-0.2, -0.15) is 21.6 Å². The van der Waals surface area contributed by atoms with Gasteiger partial charge in [-0.05, 0) is 20.8 Å². The molecule has 2 N–H and O–H groups in total. The number of alkyl carbamates (subject to hydrolysis) is 1. The van der Waals surface area contributed by atoms with E-state index in [4.69, 9.17) is 0 Å². The molecule has 6 nitrogen and oxygen atoms in total. The van der Waals surface area contributed by atoms with E-state index in [0.29, 0.717) is 0 Å². The zero-order valence-electron chi connectivity index (χ0n) is 9.88. The van der Waals surface area contributed by atoms with Crippen molar-refractivity contribution in [3.63, 3.8) is 0 Å². The summed E-state index contributed by atoms with van der Waals surface area (Å²) in [4.78, 5) is 11.1. The number of rotatable bonds is 3. The summed E-state index contributed by atoms with van der Waals surface area (Å²) in [5.74, 6) is -0.860. The summed E-state index contributed by atoms with van der Waals surface area (Å²) in [5, 5.41) is 1.72. The van der Waals surface area contributed by atoms with Gasteiger partial charge in [0.2, 0.25) is 0 Å². The summed E-state index contributed by atoms with van der Waals surface area (Å²) in [5.41, 5.74) is -6.38. The number of amides is 1. The number of carbonyl (C=O) groups is 1. The molecule has 106 valence electrons. The van der Waals surface area contributed by atoms with Crippen LogP contribution >= 0.6 is 0 Å². The molecule has 0 saturated heterocycles. The van der Waals surface area contributed by atoms with E-state index in [1.807, 2.05) is 0 Å². The molecule has 10 heteroatoms. The fraction of sp³-hybridized carbons (Fsp3) is 0.625. The molecule has 0 aromatic carbocycles. The fourth-order valence-electron chi connectivity index (χ4n) is 0.672. The lowest BCUT2D eigenvalue weighted by atomic mass is 10.2. The van der Waals surface area contributed by atoms with Crippen LogP contribution in [0.1, 0.15) is 20.8 Å². The maximum atomic E-state index is 12.0. The monoisotopic (exact) mass is 290 g/mol. The maximum Gasteiger partial charge on any atom is 0.516 e. The first kappa shape index (κ1) is 16.6. The molecule has 0 aliphatic carbocycles. The third-order valence-corrected chi connectivity index (χ3v) is 2.34. The van der Waals surface area contributed by atoms with E-state index in [1.165, 1.54) is 20.8 Å². The van der Waals surface area contributed by atoms with Crippen LogP contribution in [0.5, 0.6) is 0 Å². The van der Waals surface area contributed by atoms with E-state index in [2.05, 4.69) is 11.3 Å². The summed E-state index contributed by atoms with van der Waals surface area (Å²) in [6, 6.07) is 0. The molecule has 18 heavy (non-hydrogen) atoms. The summed E-state index contributed by atoms with van der Waals surface area (Å²) < 4.78 is 62.9. The lowest BCUT2D eigenvalue weighted by Crippen LogP contribution is -2.42. The van der Waals surface area contributed by atoms with Crippen LogP contribution in [0.3, 0.4) is 0 Å². The van der Waals surface area contributed by atoms with E-state index in [0.717, 1.165) is 4.72 Å². The minimum Gasteiger partial charge on any atom is -0.444 e. The number of alkyl halides is 3. The van der Waals surface area contributed by atoms with E-state index < -0.39 is 33.0 Å². The SMILES string of the molecule is C=C(NC(=O)OC(C)(C)C)NS(=O)(=O)C(F)(F)F. The summed E-state index contributed by atoms with van der Waals surface area (Å²) >= 11 is 0. The Kier molecular flexibility index (Phi) is 4.64. The van der Waals surface area contributed by atoms with Crippen molar-refractivity contribution in [3.8, 4) is 0 Å². The average Bonchev–Trinajstić information content (AvgIpc) is 1.94. The van der Waals surface area contributed by atoms with Crippen LogP contribution in [-0.4, -0.2) is 25.6 Å². The highest BCUT2D eigenvalue weighted by Crippen LogP contribution is 2.21. The lowest BCUT2D eigenvalue weighted by Gasteiger charge is -2.20. The number of carbonyl (C=O) groups excluding carboxylic acids is 1. The van der Waals surface area contributed by atoms with Gasteiger partial charge in [0.1, 0.15) is 11.4 Å². The molecule has 0 aromatic rings. The average molecular weight is 290 g/mol. The van der Waals surface area contributed by atoms with Crippen LogP contribution in [0, 0.1) is 0 Å². The minimum atomic E-state index is -5.61. The van der Waals surface area contributed by atoms with Gasteiger partial charge in [0.15, 0.2) is 0 Å². The summed E-state index contributed by atoms with van der Waals surface area (Å²) in [7, 11) is -5.61. The molecule has 0 aliphatic rings. The Morgan fingerprint density at radius 1 is 1.22 bits per heavy atom. The van der Waals surface area contributed by atoms with Crippen molar-refractivity contribution in [2.24, 2.45) is 0 Å². The second-order valence-corrected chi connectivity index (χ2v) is 5.83. The molecular weight excluding hydrogens is 277 g/mol. The molecule has 0 unspecified atom stereocenters. The third kappa shape index (κ3) is 5.75. The van der Waals surface area contributed by atoms with Crippen LogP contribution in [0.4, 0.5) is 18.0 Å². The molecule has 0 bridgehead atoms. The van der Waals surface area contributed by atoms with Gasteiger partial charge >= 0.3 is 21.6 Å². The van der Waals surface area contributed by atoms with Crippen LogP contribution in [-0.2, 0) is 14.8 Å². The Bertz CT molecular complexity index is 436. The Labute approximate surface area is 102 Å². The molecule has 0 spiro atoms. The van der Waals surface area contributed by atoms with E-state index in [1.54, 1.807) is 5.32 Å². The zero-order chi connectivity index (χ0) is 14.8. The lowest BCUT2D eigenvalue weighted by molar-refractivity contribution is -0.0445. The van der Waals surface area contributed by atoms with Crippen molar-refractivity contribution in [3.05, 3.63) is 12.4 Å². The first-order valence-electron chi connectivity index (χ1n) is 4.52. The van der Waals surface area contributed by atoms with Crippen molar-refractivity contribution >= 4 is 16.1 Å². The molecule has 0 saturated carbocycles. The minimum absolute atomic E-state index is 0.860. The summed E-state index contributed by atoms with van der Waals surface area (Å²) in [6.07, 6.45) is -1.13. The normalized spacial score (nSPS) is 12.8. The number of ether oxygens (including phenoxy) is 1. The molecule has 0 aromatic heterocycles. The standard InChI is InChI=1S/C8H13F3N2O4S/c1-5(12-6(14)17-7(2,3)4)13-18(15,16)8(9,10)11/h13H,1H2,2-4H3,(H,12,14). The van der Waals surface area contributed by atoms with Crippen molar-refractivity contribution < 1.29 is 31.1 Å². The highest BCUT2D eigenvalue weighted by atomic mass is 32.2. The smallest absolute Gasteiger partial charge is 0.444 e. The Morgan fingerprint density at radius 3 is 2.00 bits per heavy atom. The van der Waals surface area contributed by atoms with Gasteiger partial charge in [-0.15, -0.1) is 0 Å². The quantitative estimate of drug-likeness (QED) is 0.823. The first-order chi connectivity index (χ1) is 7.74. The fourth-order valence-corrected chi connectivity index (χ4v) is 1.16. The topological polar surface area (TPSA) is 84.5 Å². The number of hydrogen-bond donors (Lipinski definition) is 2. The molecule has 0 fully saturated rings. The van der Waals surface area contributed by atoms with Gasteiger partial charge in [0.05, 0.1) is 0 Å². The molecule has 0 radical (unpaired) electrons. The predicted molar refractivity (Wildman–Crippen MR) is 56.6 cm³/mol. The molecule has 0 rings (SSSR count). The second kappa shape index (κ2) is 5.04. The Hall–Kier alpha value is -1.45. The Morgan fingerprint density at radius 2 is 1.67 bits per heavy atom. The predicted octanol–water partition coefficient (Wildman–Crippen LogP) is 1.42. The van der Waals surface area contributed by atoms with Crippen LogP contribution in [0.2, 0.25) is 0 Å². The number of sulfonamides is 1. The molecule has 0 aliphatic heterocycles. The van der Waals surface area contributed by atoms with Gasteiger partial charge in [-0.25, -0.2) is 4.79 Å². The number of nitrogens with one attached hydrogen (secondary N) is 2. The van der Waals surface area contributed by atoms with Gasteiger partial charge in [-0.3, -0.25) is 10.0 Å². The van der Waals surface area contributed by atoms with E-state index in [-0.39, 0.29) is 0 Å². The van der Waals surface area contributed by atoms with Crippen LogP contribution < -0.4 is 10.0 Å². The number of halogens is 3. The van der Waals surface area contributed by atoms with Gasteiger partial charge in [-0.1, -0.05) is 6.58 Å². The third-order valence-electron chi connectivity index (χ3n) is 1.21. The molecular formula is C8H13F3N2O4S. The van der Waals surface area contributed by atoms with E-state index >= 15 is 0 Å². The van der Waals surface area contributed by atoms with Crippen molar-refractivity contribution in [1.29, 1.82) is 0 Å². The molecule has 0 heterocycles. The zero-order valence-corrected chi connectivity index (χ0v) is 10.7. The van der Waals surface area contributed by atoms with Gasteiger partial charge < -0.3 is 4.74 Å². The highest BCUT2D eigenvalue weighted by molar-refractivity contribution is 7.90. The van der Waals surface area contributed by atoms with E-state index in [9.17, 15) is 26.4 Å². The maximum absolute atomic E-state index is 12.0. The van der Waals surface area contributed by atoms with Gasteiger partial charge in [0, 0.05) is 0 Å². The molecule has 1 amide bonds. The van der Waals surface area contributed by atoms with Crippen molar-refractivity contribution in [1.82, 2.24) is 10.0 Å². The summed E-state index contributed by atoms with van der Waals surface area (Å²) in [6.45, 7) is 7.49. The molecule has 0 atom stereocenters. The highest BCUT2D eigenvalue weighted by Gasteiger charge is 2.46. The Balaban J connectivity index is 4.52. The largest absolute Gasteiger partial charge is 0.516 e. The van der Waals surface area contributed by atoms with Crippen LogP contribution in [0.15, 0.2) is 12.4 Å². The van der Waals surface area contributed by atoms with Crippen LogP contribution in [0.25, 0.3) is 0 Å². The van der Waals surface area contributed by atoms with Gasteiger partial charge in [0.25, 0.3) is 0 Å².